The van der Waals surface area contributed by atoms with E-state index in [9.17, 15) is 9.59 Å². The zero-order chi connectivity index (χ0) is 18.3. The summed E-state index contributed by atoms with van der Waals surface area (Å²) in [5.41, 5.74) is 0. The smallest absolute Gasteiger partial charge is 0.328 e. The second-order valence-corrected chi connectivity index (χ2v) is 7.58. The van der Waals surface area contributed by atoms with E-state index in [0.29, 0.717) is 12.8 Å². The number of nitrogens with one attached hydrogen (secondary N) is 1. The fourth-order valence-corrected chi connectivity index (χ4v) is 3.40. The summed E-state index contributed by atoms with van der Waals surface area (Å²) < 4.78 is 5.43. The Bertz CT molecular complexity index is 370. The van der Waals surface area contributed by atoms with E-state index >= 15 is 0 Å². The van der Waals surface area contributed by atoms with Crippen molar-refractivity contribution >= 4 is 11.9 Å². The Morgan fingerprint density at radius 1 is 1.00 bits per heavy atom. The first-order valence-corrected chi connectivity index (χ1v) is 10.6. The maximum absolute atomic E-state index is 11.9. The third-order valence-corrected chi connectivity index (χ3v) is 5.06. The standard InChI is InChI=1S/C21H39NO3/c1-3-4-5-6-7-8-9-10-11-12-13-14-15-18(2)25-21(24)19-16-17-20(23)22-19/h18-19H,3-17H2,1-2H3,(H,22,23). The average Bonchev–Trinajstić information content (AvgIpc) is 3.02. The lowest BCUT2D eigenvalue weighted by molar-refractivity contribution is -0.151. The van der Waals surface area contributed by atoms with Crippen LogP contribution in [0.4, 0.5) is 0 Å². The van der Waals surface area contributed by atoms with Crippen molar-refractivity contribution < 1.29 is 14.3 Å². The van der Waals surface area contributed by atoms with Crippen LogP contribution in [0.5, 0.6) is 0 Å². The molecule has 2 atom stereocenters. The highest BCUT2D eigenvalue weighted by Crippen LogP contribution is 2.15. The van der Waals surface area contributed by atoms with Gasteiger partial charge < -0.3 is 10.1 Å². The second-order valence-electron chi connectivity index (χ2n) is 7.58. The molecule has 1 aliphatic rings. The third kappa shape index (κ3) is 11.2. The minimum Gasteiger partial charge on any atom is -0.461 e. The van der Waals surface area contributed by atoms with Gasteiger partial charge in [-0.25, -0.2) is 4.79 Å². The van der Waals surface area contributed by atoms with Crippen LogP contribution in [0.15, 0.2) is 0 Å². The topological polar surface area (TPSA) is 55.4 Å². The molecule has 1 heterocycles. The Morgan fingerprint density at radius 3 is 2.00 bits per heavy atom. The predicted molar refractivity (Wildman–Crippen MR) is 102 cm³/mol. The highest BCUT2D eigenvalue weighted by atomic mass is 16.5. The number of carbonyl (C=O) groups excluding carboxylic acids is 2. The monoisotopic (exact) mass is 353 g/mol. The molecule has 0 aromatic heterocycles. The van der Waals surface area contributed by atoms with Crippen LogP contribution in [0.1, 0.15) is 110 Å². The van der Waals surface area contributed by atoms with Gasteiger partial charge in [-0.3, -0.25) is 4.79 Å². The number of amides is 1. The maximum Gasteiger partial charge on any atom is 0.328 e. The number of hydrogen-bond acceptors (Lipinski definition) is 3. The van der Waals surface area contributed by atoms with Gasteiger partial charge in [-0.2, -0.15) is 0 Å². The molecule has 0 aromatic rings. The summed E-state index contributed by atoms with van der Waals surface area (Å²) in [5.74, 6) is -0.312. The summed E-state index contributed by atoms with van der Waals surface area (Å²) in [6.45, 7) is 4.22. The minimum atomic E-state index is -0.420. The number of esters is 1. The van der Waals surface area contributed by atoms with Crippen LogP contribution < -0.4 is 5.32 Å². The summed E-state index contributed by atoms with van der Waals surface area (Å²) in [7, 11) is 0. The zero-order valence-corrected chi connectivity index (χ0v) is 16.5. The van der Waals surface area contributed by atoms with Gasteiger partial charge >= 0.3 is 5.97 Å². The summed E-state index contributed by atoms with van der Waals surface area (Å²) >= 11 is 0. The number of carbonyl (C=O) groups is 2. The Balaban J connectivity index is 1.86. The van der Waals surface area contributed by atoms with Crippen LogP contribution in [-0.4, -0.2) is 24.0 Å². The molecule has 0 aromatic carbocycles. The van der Waals surface area contributed by atoms with Gasteiger partial charge in [0.15, 0.2) is 0 Å². The highest BCUT2D eigenvalue weighted by Gasteiger charge is 2.29. The van der Waals surface area contributed by atoms with Crippen molar-refractivity contribution in [3.05, 3.63) is 0 Å². The Labute approximate surface area is 154 Å². The molecule has 1 amide bonds. The Hall–Kier alpha value is -1.06. The van der Waals surface area contributed by atoms with Crippen LogP contribution in [-0.2, 0) is 14.3 Å². The van der Waals surface area contributed by atoms with Gasteiger partial charge in [0.2, 0.25) is 5.91 Å². The van der Waals surface area contributed by atoms with E-state index in [1.54, 1.807) is 0 Å². The number of ether oxygens (including phenoxy) is 1. The molecule has 1 rings (SSSR count). The number of unbranched alkanes of at least 4 members (excludes halogenated alkanes) is 11. The van der Waals surface area contributed by atoms with E-state index in [1.165, 1.54) is 70.6 Å². The normalized spacial score (nSPS) is 18.2. The Kier molecular flexibility index (Phi) is 12.4. The van der Waals surface area contributed by atoms with Gasteiger partial charge in [-0.1, -0.05) is 77.6 Å². The van der Waals surface area contributed by atoms with E-state index in [0.717, 1.165) is 12.8 Å². The molecule has 25 heavy (non-hydrogen) atoms. The summed E-state index contributed by atoms with van der Waals surface area (Å²) in [5, 5.41) is 2.66. The second kappa shape index (κ2) is 14.1. The molecule has 0 aliphatic carbocycles. The fraction of sp³-hybridized carbons (Fsp3) is 0.905. The molecule has 1 aliphatic heterocycles. The lowest BCUT2D eigenvalue weighted by atomic mass is 10.0. The summed E-state index contributed by atoms with van der Waals surface area (Å²) in [4.78, 5) is 23.0. The van der Waals surface area contributed by atoms with Crippen LogP contribution in [0.3, 0.4) is 0 Å². The molecule has 1 fully saturated rings. The largest absolute Gasteiger partial charge is 0.461 e. The molecule has 0 bridgehead atoms. The predicted octanol–water partition coefficient (Wildman–Crippen LogP) is 5.29. The lowest BCUT2D eigenvalue weighted by Crippen LogP contribution is -2.36. The van der Waals surface area contributed by atoms with Crippen molar-refractivity contribution in [3.8, 4) is 0 Å². The molecule has 146 valence electrons. The lowest BCUT2D eigenvalue weighted by Gasteiger charge is -2.16. The average molecular weight is 354 g/mol. The van der Waals surface area contributed by atoms with Gasteiger partial charge in [0.05, 0.1) is 6.10 Å². The van der Waals surface area contributed by atoms with Crippen molar-refractivity contribution in [2.45, 2.75) is 122 Å². The first-order valence-electron chi connectivity index (χ1n) is 10.6. The fourth-order valence-electron chi connectivity index (χ4n) is 3.40. The number of hydrogen-bond donors (Lipinski definition) is 1. The Morgan fingerprint density at radius 2 is 1.52 bits per heavy atom. The van der Waals surface area contributed by atoms with E-state index in [1.807, 2.05) is 6.92 Å². The third-order valence-electron chi connectivity index (χ3n) is 5.06. The molecule has 4 nitrogen and oxygen atoms in total. The zero-order valence-electron chi connectivity index (χ0n) is 16.5. The van der Waals surface area contributed by atoms with Crippen molar-refractivity contribution in [2.24, 2.45) is 0 Å². The number of rotatable bonds is 15. The van der Waals surface area contributed by atoms with Crippen molar-refractivity contribution in [3.63, 3.8) is 0 Å². The minimum absolute atomic E-state index is 0.0458. The molecule has 4 heteroatoms. The SMILES string of the molecule is CCCCCCCCCCCCCCC(C)OC(=O)C1CCC(=O)N1. The van der Waals surface area contributed by atoms with Gasteiger partial charge in [0.1, 0.15) is 6.04 Å². The first-order chi connectivity index (χ1) is 12.1. The van der Waals surface area contributed by atoms with Crippen LogP contribution in [0, 0.1) is 0 Å². The van der Waals surface area contributed by atoms with Gasteiger partial charge in [0.25, 0.3) is 0 Å². The van der Waals surface area contributed by atoms with Crippen molar-refractivity contribution in [2.75, 3.05) is 0 Å². The molecule has 2 unspecified atom stereocenters. The summed E-state index contributed by atoms with van der Waals surface area (Å²) in [6.07, 6.45) is 17.9. The van der Waals surface area contributed by atoms with E-state index < -0.39 is 6.04 Å². The van der Waals surface area contributed by atoms with E-state index in [4.69, 9.17) is 4.74 Å². The van der Waals surface area contributed by atoms with Gasteiger partial charge in [-0.15, -0.1) is 0 Å². The maximum atomic E-state index is 11.9. The van der Waals surface area contributed by atoms with Crippen molar-refractivity contribution in [1.29, 1.82) is 0 Å². The van der Waals surface area contributed by atoms with Crippen LogP contribution in [0.25, 0.3) is 0 Å². The molecule has 1 saturated heterocycles. The molecule has 0 spiro atoms. The molecule has 1 N–H and O–H groups in total. The van der Waals surface area contributed by atoms with Crippen LogP contribution >= 0.6 is 0 Å². The van der Waals surface area contributed by atoms with Gasteiger partial charge in [0, 0.05) is 6.42 Å². The summed E-state index contributed by atoms with van der Waals surface area (Å²) in [6, 6.07) is -0.420. The molecule has 0 saturated carbocycles. The van der Waals surface area contributed by atoms with Crippen LogP contribution in [0.2, 0.25) is 0 Å². The first kappa shape index (κ1) is 22.0. The van der Waals surface area contributed by atoms with E-state index in [-0.39, 0.29) is 18.0 Å². The van der Waals surface area contributed by atoms with Gasteiger partial charge in [-0.05, 0) is 26.2 Å². The van der Waals surface area contributed by atoms with E-state index in [2.05, 4.69) is 12.2 Å². The highest BCUT2D eigenvalue weighted by molar-refractivity contribution is 5.88. The molecular weight excluding hydrogens is 314 g/mol. The van der Waals surface area contributed by atoms with Crippen molar-refractivity contribution in [1.82, 2.24) is 5.32 Å². The molecule has 0 radical (unpaired) electrons. The molecular formula is C21H39NO3. The quantitative estimate of drug-likeness (QED) is 0.321.